The molecular formula is C55H104N2O28. The van der Waals surface area contributed by atoms with Crippen molar-refractivity contribution in [3.63, 3.8) is 0 Å². The second-order valence-electron chi connectivity index (χ2n) is 17.2. The van der Waals surface area contributed by atoms with Crippen LogP contribution in [0.3, 0.4) is 0 Å². The summed E-state index contributed by atoms with van der Waals surface area (Å²) >= 11 is 0. The number of hydrogen-bond donors (Lipinski definition) is 2. The first kappa shape index (κ1) is 80.4. The van der Waals surface area contributed by atoms with Gasteiger partial charge in [0.25, 0.3) is 11.8 Å². The highest BCUT2D eigenvalue weighted by atomic mass is 16.6. The third-order valence-electron chi connectivity index (χ3n) is 10.5. The van der Waals surface area contributed by atoms with Gasteiger partial charge in [0.1, 0.15) is 0 Å². The van der Waals surface area contributed by atoms with Gasteiger partial charge in [-0.05, 0) is 0 Å². The van der Waals surface area contributed by atoms with E-state index in [0.29, 0.717) is 294 Å². The van der Waals surface area contributed by atoms with Crippen LogP contribution in [0.15, 0.2) is 12.2 Å². The smallest absolute Gasteiger partial charge is 0.272 e. The van der Waals surface area contributed by atoms with Crippen LogP contribution in [-0.4, -0.2) is 355 Å². The second-order valence-corrected chi connectivity index (χ2v) is 17.2. The Kier molecular flexibility index (Phi) is 63.6. The number of amides is 3. The summed E-state index contributed by atoms with van der Waals surface area (Å²) in [7, 11) is 0. The molecule has 0 aromatic heterocycles. The van der Waals surface area contributed by atoms with Crippen LogP contribution in [0.25, 0.3) is 0 Å². The van der Waals surface area contributed by atoms with Crippen molar-refractivity contribution in [2.75, 3.05) is 311 Å². The van der Waals surface area contributed by atoms with Gasteiger partial charge in [-0.2, -0.15) is 5.01 Å². The predicted octanol–water partition coefficient (Wildman–Crippen LogP) is -1.24. The summed E-state index contributed by atoms with van der Waals surface area (Å²) < 4.78 is 126. The zero-order valence-corrected chi connectivity index (χ0v) is 50.6. The fourth-order valence-corrected chi connectivity index (χ4v) is 6.34. The maximum Gasteiger partial charge on any atom is 0.272 e. The monoisotopic (exact) mass is 1240 g/mol. The van der Waals surface area contributed by atoms with Gasteiger partial charge in [0.05, 0.1) is 311 Å². The van der Waals surface area contributed by atoms with Crippen molar-refractivity contribution < 1.29 is 134 Å². The highest BCUT2D eigenvalue weighted by Gasteiger charge is 2.36. The molecule has 3 amide bonds. The van der Waals surface area contributed by atoms with E-state index < -0.39 is 23.9 Å². The van der Waals surface area contributed by atoms with Gasteiger partial charge in [-0.25, -0.2) is 5.01 Å². The van der Waals surface area contributed by atoms with E-state index >= 15 is 0 Å². The lowest BCUT2D eigenvalue weighted by Gasteiger charge is -2.33. The standard InChI is InChI=1S/C55H104N2O28/c1-2-52(59)56(57-53(60)3-4-54(57)61)55(62)51-85-50-49-84-48-47-83-46-45-82-44-43-81-42-41-80-40-39-79-38-37-78-36-35-77-34-33-76-32-31-75-30-29-74-28-27-73-26-25-72-24-23-71-22-21-70-20-19-69-18-17-68-16-15-67-14-13-66-12-11-65-10-9-64-8-7-63-6-5-58/h3-4,55,58,62H,2,5-51H2,1H3. The molecule has 1 unspecified atom stereocenters. The van der Waals surface area contributed by atoms with Gasteiger partial charge in [-0.1, -0.05) is 6.92 Å². The summed E-state index contributed by atoms with van der Waals surface area (Å²) in [4.78, 5) is 36.1. The molecule has 1 atom stereocenters. The second kappa shape index (κ2) is 67.3. The molecule has 2 N–H and O–H groups in total. The zero-order valence-electron chi connectivity index (χ0n) is 50.6. The van der Waals surface area contributed by atoms with Gasteiger partial charge in [0, 0.05) is 18.6 Å². The van der Waals surface area contributed by atoms with Crippen molar-refractivity contribution in [3.05, 3.63) is 12.2 Å². The average Bonchev–Trinajstić information content (AvgIpc) is 4.13. The number of imide groups is 1. The fourth-order valence-electron chi connectivity index (χ4n) is 6.34. The van der Waals surface area contributed by atoms with E-state index in [4.69, 9.17) is 114 Å². The Morgan fingerprint density at radius 3 is 0.624 bits per heavy atom. The van der Waals surface area contributed by atoms with Crippen LogP contribution < -0.4 is 0 Å². The Labute approximate surface area is 502 Å². The molecule has 0 aliphatic carbocycles. The van der Waals surface area contributed by atoms with E-state index in [0.717, 1.165) is 12.2 Å². The van der Waals surface area contributed by atoms with Gasteiger partial charge in [-0.3, -0.25) is 14.4 Å². The highest BCUT2D eigenvalue weighted by Crippen LogP contribution is 2.13. The van der Waals surface area contributed by atoms with Gasteiger partial charge >= 0.3 is 0 Å². The van der Waals surface area contributed by atoms with Crippen LogP contribution in [0, 0.1) is 0 Å². The van der Waals surface area contributed by atoms with Crippen LogP contribution in [0.1, 0.15) is 13.3 Å². The van der Waals surface area contributed by atoms with E-state index in [1.807, 2.05) is 0 Å². The van der Waals surface area contributed by atoms with Gasteiger partial charge in [0.15, 0.2) is 6.23 Å². The van der Waals surface area contributed by atoms with Crippen molar-refractivity contribution in [2.24, 2.45) is 0 Å². The molecule has 30 heteroatoms. The molecule has 1 rings (SSSR count). The van der Waals surface area contributed by atoms with Gasteiger partial charge in [0.2, 0.25) is 5.91 Å². The number of nitrogens with zero attached hydrogens (tertiary/aromatic N) is 2. The van der Waals surface area contributed by atoms with Crippen LogP contribution in [-0.2, 0) is 123 Å². The molecule has 0 fully saturated rings. The minimum atomic E-state index is -1.51. The molecule has 0 aromatic carbocycles. The Morgan fingerprint density at radius 1 is 0.318 bits per heavy atom. The van der Waals surface area contributed by atoms with Crippen LogP contribution in [0.4, 0.5) is 0 Å². The Bertz CT molecular complexity index is 1430. The minimum absolute atomic E-state index is 0.0146. The largest absolute Gasteiger partial charge is 0.394 e. The topological polar surface area (TPSA) is 310 Å². The lowest BCUT2D eigenvalue weighted by molar-refractivity contribution is -0.192. The molecule has 0 aromatic rings. The van der Waals surface area contributed by atoms with E-state index in [1.165, 1.54) is 0 Å². The lowest BCUT2D eigenvalue weighted by atomic mass is 10.4. The number of ether oxygens (including phenoxy) is 23. The van der Waals surface area contributed by atoms with E-state index in [-0.39, 0.29) is 32.8 Å². The normalized spacial score (nSPS) is 12.9. The van der Waals surface area contributed by atoms with Crippen LogP contribution >= 0.6 is 0 Å². The van der Waals surface area contributed by atoms with Crippen molar-refractivity contribution >= 4 is 17.7 Å². The fraction of sp³-hybridized carbons (Fsp3) is 0.909. The first-order valence-corrected chi connectivity index (χ1v) is 29.5. The summed E-state index contributed by atoms with van der Waals surface area (Å²) in [5, 5.41) is 20.3. The van der Waals surface area contributed by atoms with E-state index in [9.17, 15) is 19.5 Å². The first-order chi connectivity index (χ1) is 42.0. The number of carbonyl (C=O) groups is 3. The number of aliphatic hydroxyl groups is 2. The van der Waals surface area contributed by atoms with E-state index in [2.05, 4.69) is 0 Å². The highest BCUT2D eigenvalue weighted by molar-refractivity contribution is 6.13. The molecule has 0 spiro atoms. The van der Waals surface area contributed by atoms with Gasteiger partial charge < -0.3 is 119 Å². The Morgan fingerprint density at radius 2 is 0.471 bits per heavy atom. The van der Waals surface area contributed by atoms with Crippen molar-refractivity contribution in [3.8, 4) is 0 Å². The molecule has 85 heavy (non-hydrogen) atoms. The summed E-state index contributed by atoms with van der Waals surface area (Å²) in [6.45, 7) is 21.3. The number of hydrogen-bond acceptors (Lipinski definition) is 28. The van der Waals surface area contributed by atoms with Crippen LogP contribution in [0.5, 0.6) is 0 Å². The molecular weight excluding hydrogens is 1140 g/mol. The molecule has 0 saturated carbocycles. The lowest BCUT2D eigenvalue weighted by Crippen LogP contribution is -2.56. The summed E-state index contributed by atoms with van der Waals surface area (Å²) in [5.41, 5.74) is 0. The quantitative estimate of drug-likeness (QED) is 0.0409. The maximum atomic E-state index is 12.2. The average molecular weight is 1240 g/mol. The molecule has 502 valence electrons. The van der Waals surface area contributed by atoms with Gasteiger partial charge in [-0.15, -0.1) is 0 Å². The number of hydrazine groups is 1. The Hall–Kier alpha value is -2.65. The maximum absolute atomic E-state index is 12.2. The number of aliphatic hydroxyl groups excluding tert-OH is 2. The van der Waals surface area contributed by atoms with E-state index in [1.54, 1.807) is 6.92 Å². The SMILES string of the molecule is CCC(=O)N(C(O)COCCOCCOCCOCCOCCOCCOCCOCCOCCOCCOCCOCCOCCOCCOCCOCCOCCOCCOCCOCCOCCOCCOCCO)N1C(=O)C=CC1=O. The molecule has 0 bridgehead atoms. The molecule has 30 nitrogen and oxygen atoms in total. The third kappa shape index (κ3) is 56.3. The molecule has 0 saturated heterocycles. The van der Waals surface area contributed by atoms with Crippen molar-refractivity contribution in [1.82, 2.24) is 10.0 Å². The van der Waals surface area contributed by atoms with Crippen molar-refractivity contribution in [1.29, 1.82) is 0 Å². The molecule has 1 aliphatic heterocycles. The molecule has 0 radical (unpaired) electrons. The van der Waals surface area contributed by atoms with Crippen molar-refractivity contribution in [2.45, 2.75) is 19.6 Å². The summed E-state index contributed by atoms with van der Waals surface area (Å²) in [6, 6.07) is 0. The Balaban J connectivity index is 1.63. The minimum Gasteiger partial charge on any atom is -0.394 e. The number of carbonyl (C=O) groups excluding carboxylic acids is 3. The predicted molar refractivity (Wildman–Crippen MR) is 300 cm³/mol. The zero-order chi connectivity index (χ0) is 61.1. The summed E-state index contributed by atoms with van der Waals surface area (Å²) in [5.74, 6) is -2.02. The first-order valence-electron chi connectivity index (χ1n) is 29.5. The molecule has 1 heterocycles. The van der Waals surface area contributed by atoms with Crippen LogP contribution in [0.2, 0.25) is 0 Å². The summed E-state index contributed by atoms with van der Waals surface area (Å²) in [6.07, 6.45) is 0.531. The number of rotatable bonds is 73. The molecule has 1 aliphatic rings. The third-order valence-corrected chi connectivity index (χ3v) is 10.5.